The molecule has 2 rings (SSSR count). The molecule has 0 unspecified atom stereocenters. The first-order valence-corrected chi connectivity index (χ1v) is 9.97. The van der Waals surface area contributed by atoms with Crippen molar-refractivity contribution in [1.82, 2.24) is 4.31 Å². The second-order valence-corrected chi connectivity index (χ2v) is 8.15. The van der Waals surface area contributed by atoms with Crippen molar-refractivity contribution in [3.63, 3.8) is 0 Å². The molecular formula is C19H21F3N2O3S. The van der Waals surface area contributed by atoms with Crippen LogP contribution >= 0.6 is 0 Å². The maximum atomic E-state index is 12.8. The lowest BCUT2D eigenvalue weighted by Crippen LogP contribution is -2.45. The number of carbonyl (C=O) groups is 1. The van der Waals surface area contributed by atoms with E-state index in [9.17, 15) is 26.4 Å². The zero-order chi connectivity index (χ0) is 21.1. The molecule has 0 aliphatic carbocycles. The molecule has 0 heterocycles. The van der Waals surface area contributed by atoms with Crippen molar-refractivity contribution in [2.24, 2.45) is 0 Å². The number of nitrogens with one attached hydrogen (secondary N) is 1. The van der Waals surface area contributed by atoms with Crippen molar-refractivity contribution in [3.05, 3.63) is 59.7 Å². The van der Waals surface area contributed by atoms with Crippen molar-refractivity contribution in [3.8, 4) is 0 Å². The Kier molecular flexibility index (Phi) is 6.51. The number of nitrogens with zero attached hydrogens (tertiary/aromatic N) is 1. The minimum Gasteiger partial charge on any atom is -0.325 e. The van der Waals surface area contributed by atoms with Crippen LogP contribution in [0.3, 0.4) is 0 Å². The molecule has 0 bridgehead atoms. The summed E-state index contributed by atoms with van der Waals surface area (Å²) in [6.07, 6.45) is -4.56. The average molecular weight is 414 g/mol. The monoisotopic (exact) mass is 414 g/mol. The number of benzene rings is 2. The van der Waals surface area contributed by atoms with Crippen molar-refractivity contribution in [2.45, 2.75) is 37.9 Å². The minimum atomic E-state index is -4.56. The summed E-state index contributed by atoms with van der Waals surface area (Å²) in [5.41, 5.74) is 0.580. The molecule has 1 atom stereocenters. The number of rotatable bonds is 6. The van der Waals surface area contributed by atoms with Crippen LogP contribution in [0, 0.1) is 6.92 Å². The van der Waals surface area contributed by atoms with Gasteiger partial charge in [-0.25, -0.2) is 8.42 Å². The number of amides is 1. The largest absolute Gasteiger partial charge is 0.416 e. The molecule has 0 radical (unpaired) electrons. The van der Waals surface area contributed by atoms with Gasteiger partial charge in [0.15, 0.2) is 0 Å². The lowest BCUT2D eigenvalue weighted by Gasteiger charge is -2.26. The maximum absolute atomic E-state index is 12.8. The van der Waals surface area contributed by atoms with Crippen LogP contribution in [0.5, 0.6) is 0 Å². The Labute approximate surface area is 162 Å². The Morgan fingerprint density at radius 2 is 1.61 bits per heavy atom. The molecule has 0 fully saturated rings. The third-order valence-electron chi connectivity index (χ3n) is 4.23. The highest BCUT2D eigenvalue weighted by molar-refractivity contribution is 7.89. The summed E-state index contributed by atoms with van der Waals surface area (Å²) in [7, 11) is -4.15. The lowest BCUT2D eigenvalue weighted by molar-refractivity contribution is -0.137. The summed E-state index contributed by atoms with van der Waals surface area (Å²) in [6, 6.07) is 9.14. The van der Waals surface area contributed by atoms with Gasteiger partial charge in [0.25, 0.3) is 0 Å². The number of hydrogen-bond donors (Lipinski definition) is 1. The van der Waals surface area contributed by atoms with Gasteiger partial charge in [0.2, 0.25) is 15.9 Å². The molecule has 5 nitrogen and oxygen atoms in total. The van der Waals surface area contributed by atoms with Crippen molar-refractivity contribution >= 4 is 21.6 Å². The van der Waals surface area contributed by atoms with Crippen LogP contribution in [0.4, 0.5) is 18.9 Å². The summed E-state index contributed by atoms with van der Waals surface area (Å²) in [5.74, 6) is -0.541. The molecule has 152 valence electrons. The summed E-state index contributed by atoms with van der Waals surface area (Å²) in [6.45, 7) is 4.85. The Morgan fingerprint density at radius 3 is 2.07 bits per heavy atom. The summed E-state index contributed by atoms with van der Waals surface area (Å²) in [4.78, 5) is 12.2. The molecule has 0 saturated carbocycles. The molecule has 1 amide bonds. The first-order valence-electron chi connectivity index (χ1n) is 8.53. The summed E-state index contributed by atoms with van der Waals surface area (Å²) in [5, 5.41) is 2.64. The van der Waals surface area contributed by atoms with Gasteiger partial charge >= 0.3 is 6.18 Å². The molecular weight excluding hydrogens is 393 g/mol. The number of halogens is 3. The molecule has 0 aromatic heterocycles. The van der Waals surface area contributed by atoms with Crippen LogP contribution in [0.25, 0.3) is 0 Å². The Morgan fingerprint density at radius 1 is 1.07 bits per heavy atom. The van der Waals surface area contributed by atoms with Gasteiger partial charge in [-0.05, 0) is 50.2 Å². The Hall–Kier alpha value is -2.39. The molecule has 0 spiro atoms. The predicted octanol–water partition coefficient (Wildman–Crippen LogP) is 4.05. The molecule has 2 aromatic rings. The molecule has 9 heteroatoms. The second-order valence-electron chi connectivity index (χ2n) is 6.26. The maximum Gasteiger partial charge on any atom is 0.416 e. The van der Waals surface area contributed by atoms with Gasteiger partial charge in [-0.15, -0.1) is 0 Å². The fourth-order valence-corrected chi connectivity index (χ4v) is 4.22. The smallest absolute Gasteiger partial charge is 0.325 e. The van der Waals surface area contributed by atoms with Gasteiger partial charge in [0.05, 0.1) is 10.5 Å². The number of hydrogen-bond acceptors (Lipinski definition) is 3. The number of aryl methyl sites for hydroxylation is 1. The zero-order valence-corrected chi connectivity index (χ0v) is 16.4. The van der Waals surface area contributed by atoms with Crippen molar-refractivity contribution in [1.29, 1.82) is 0 Å². The van der Waals surface area contributed by atoms with E-state index in [1.54, 1.807) is 31.2 Å². The van der Waals surface area contributed by atoms with Crippen LogP contribution in [0.15, 0.2) is 53.4 Å². The third kappa shape index (κ3) is 4.90. The highest BCUT2D eigenvalue weighted by Crippen LogP contribution is 2.30. The van der Waals surface area contributed by atoms with Gasteiger partial charge in [0, 0.05) is 12.2 Å². The fourth-order valence-electron chi connectivity index (χ4n) is 2.62. The first-order chi connectivity index (χ1) is 13.0. The van der Waals surface area contributed by atoms with E-state index in [-0.39, 0.29) is 11.4 Å². The summed E-state index contributed by atoms with van der Waals surface area (Å²) < 4.78 is 64.7. The van der Waals surface area contributed by atoms with Gasteiger partial charge in [0.1, 0.15) is 6.04 Å². The highest BCUT2D eigenvalue weighted by Gasteiger charge is 2.34. The van der Waals surface area contributed by atoms with E-state index in [0.29, 0.717) is 17.8 Å². The summed E-state index contributed by atoms with van der Waals surface area (Å²) >= 11 is 0. The average Bonchev–Trinajstić information content (AvgIpc) is 2.63. The van der Waals surface area contributed by atoms with E-state index in [4.69, 9.17) is 0 Å². The molecule has 0 saturated heterocycles. The van der Waals surface area contributed by atoms with E-state index in [1.807, 2.05) is 6.92 Å². The van der Waals surface area contributed by atoms with Crippen LogP contribution < -0.4 is 5.32 Å². The predicted molar refractivity (Wildman–Crippen MR) is 100 cm³/mol. The topological polar surface area (TPSA) is 66.5 Å². The van der Waals surface area contributed by atoms with E-state index < -0.39 is 33.7 Å². The molecule has 0 aliphatic rings. The second kappa shape index (κ2) is 8.32. The molecule has 2 aromatic carbocycles. The van der Waals surface area contributed by atoms with Gasteiger partial charge in [-0.1, -0.05) is 24.6 Å². The number of likely N-dealkylation sites (N-methyl/N-ethyl adjacent to an activating group) is 1. The number of alkyl halides is 3. The number of anilines is 1. The fraction of sp³-hybridized carbons (Fsp3) is 0.316. The van der Waals surface area contributed by atoms with Crippen molar-refractivity contribution in [2.75, 3.05) is 11.9 Å². The SMILES string of the molecule is CCN([C@H](C)C(=O)Nc1ccc(C)cc1)S(=O)(=O)c1ccc(C(F)(F)F)cc1. The molecule has 0 aliphatic heterocycles. The standard InChI is InChI=1S/C19H21F3N2O3S/c1-4-24(14(3)18(25)23-16-9-5-13(2)6-10-16)28(26,27)17-11-7-15(8-12-17)19(20,21)22/h5-12,14H,4H2,1-3H3,(H,23,25)/t14-/m1/s1. The Balaban J connectivity index is 2.23. The first kappa shape index (κ1) is 21.9. The van der Waals surface area contributed by atoms with E-state index in [0.717, 1.165) is 22.0 Å². The lowest BCUT2D eigenvalue weighted by atomic mass is 10.2. The molecule has 28 heavy (non-hydrogen) atoms. The van der Waals surface area contributed by atoms with Crippen LogP contribution in [-0.4, -0.2) is 31.2 Å². The van der Waals surface area contributed by atoms with Crippen LogP contribution in [0.1, 0.15) is 25.0 Å². The van der Waals surface area contributed by atoms with E-state index >= 15 is 0 Å². The van der Waals surface area contributed by atoms with E-state index in [1.165, 1.54) is 6.92 Å². The van der Waals surface area contributed by atoms with E-state index in [2.05, 4.69) is 5.32 Å². The highest BCUT2D eigenvalue weighted by atomic mass is 32.2. The normalized spacial score (nSPS) is 13.4. The number of carbonyl (C=O) groups excluding carboxylic acids is 1. The minimum absolute atomic E-state index is 0.0220. The van der Waals surface area contributed by atoms with Gasteiger partial charge in [-0.2, -0.15) is 17.5 Å². The van der Waals surface area contributed by atoms with Crippen LogP contribution in [0.2, 0.25) is 0 Å². The van der Waals surface area contributed by atoms with Crippen LogP contribution in [-0.2, 0) is 21.0 Å². The van der Waals surface area contributed by atoms with Gasteiger partial charge in [-0.3, -0.25) is 4.79 Å². The number of sulfonamides is 1. The third-order valence-corrected chi connectivity index (χ3v) is 6.29. The molecule has 1 N–H and O–H groups in total. The van der Waals surface area contributed by atoms with Crippen molar-refractivity contribution < 1.29 is 26.4 Å². The quantitative estimate of drug-likeness (QED) is 0.776. The Bertz CT molecular complexity index is 924. The zero-order valence-electron chi connectivity index (χ0n) is 15.6. The van der Waals surface area contributed by atoms with Gasteiger partial charge < -0.3 is 5.32 Å².